The number of benzene rings is 1. The molecule has 0 radical (unpaired) electrons. The molecule has 3 rings (SSSR count). The third-order valence-corrected chi connectivity index (χ3v) is 5.70. The number of amides is 1. The number of hydrogen-bond donors (Lipinski definition) is 3. The molecular formula is C21H24N2O6S. The molecule has 0 saturated heterocycles. The Morgan fingerprint density at radius 2 is 2.03 bits per heavy atom. The predicted molar refractivity (Wildman–Crippen MR) is 111 cm³/mol. The first-order valence-electron chi connectivity index (χ1n) is 9.74. The molecule has 30 heavy (non-hydrogen) atoms. The highest BCUT2D eigenvalue weighted by Gasteiger charge is 2.30. The number of ketones is 1. The van der Waals surface area contributed by atoms with E-state index in [1.807, 2.05) is 6.92 Å². The molecule has 0 spiro atoms. The van der Waals surface area contributed by atoms with Gasteiger partial charge < -0.3 is 25.2 Å². The third kappa shape index (κ3) is 5.37. The van der Waals surface area contributed by atoms with Crippen LogP contribution in [0.5, 0.6) is 11.5 Å². The molecule has 3 N–H and O–H groups in total. The Bertz CT molecular complexity index is 902. The molecule has 2 heterocycles. The van der Waals surface area contributed by atoms with Gasteiger partial charge in [-0.15, -0.1) is 11.3 Å². The molecule has 0 aliphatic carbocycles. The number of Topliss-reactive ketones (excluding diaryl/α,β-unsaturated/α-hetero) is 1. The molecule has 0 saturated carbocycles. The van der Waals surface area contributed by atoms with Crippen LogP contribution in [0, 0.1) is 0 Å². The SMILES string of the molecule is CCCOc1ccccc1OC(C(=O)O)C(=O)CNC(=O)c1cc2c(s1)CCNC2. The van der Waals surface area contributed by atoms with Crippen molar-refractivity contribution in [3.8, 4) is 11.5 Å². The van der Waals surface area contributed by atoms with Gasteiger partial charge in [-0.2, -0.15) is 0 Å². The van der Waals surface area contributed by atoms with Gasteiger partial charge in [-0.3, -0.25) is 9.59 Å². The Hall–Kier alpha value is -2.91. The topological polar surface area (TPSA) is 114 Å². The van der Waals surface area contributed by atoms with Gasteiger partial charge in [0.25, 0.3) is 12.0 Å². The number of rotatable bonds is 10. The number of carbonyl (C=O) groups is 3. The minimum absolute atomic E-state index is 0.163. The molecule has 8 nitrogen and oxygen atoms in total. The van der Waals surface area contributed by atoms with Gasteiger partial charge in [0.15, 0.2) is 11.5 Å². The summed E-state index contributed by atoms with van der Waals surface area (Å²) in [5.41, 5.74) is 1.08. The number of ether oxygens (including phenoxy) is 2. The van der Waals surface area contributed by atoms with Crippen LogP contribution in [0.3, 0.4) is 0 Å². The van der Waals surface area contributed by atoms with Gasteiger partial charge in [-0.25, -0.2) is 4.79 Å². The number of aliphatic carboxylic acids is 1. The van der Waals surface area contributed by atoms with Gasteiger partial charge in [0.1, 0.15) is 0 Å². The first-order valence-corrected chi connectivity index (χ1v) is 10.6. The molecule has 1 amide bonds. The van der Waals surface area contributed by atoms with Gasteiger partial charge >= 0.3 is 5.97 Å². The minimum atomic E-state index is -1.75. The highest BCUT2D eigenvalue weighted by Crippen LogP contribution is 2.28. The Kier molecular flexibility index (Phi) is 7.42. The van der Waals surface area contributed by atoms with Crippen molar-refractivity contribution >= 4 is 29.0 Å². The highest BCUT2D eigenvalue weighted by atomic mass is 32.1. The number of nitrogens with one attached hydrogen (secondary N) is 2. The smallest absolute Gasteiger partial charge is 0.352 e. The Balaban J connectivity index is 1.62. The lowest BCUT2D eigenvalue weighted by Crippen LogP contribution is -2.42. The van der Waals surface area contributed by atoms with Crippen molar-refractivity contribution < 1.29 is 29.0 Å². The van der Waals surface area contributed by atoms with Crippen LogP contribution in [0.1, 0.15) is 33.5 Å². The van der Waals surface area contributed by atoms with E-state index >= 15 is 0 Å². The van der Waals surface area contributed by atoms with Crippen molar-refractivity contribution in [3.05, 3.63) is 45.6 Å². The van der Waals surface area contributed by atoms with E-state index in [0.717, 1.165) is 29.8 Å². The zero-order chi connectivity index (χ0) is 21.5. The molecule has 1 aromatic heterocycles. The van der Waals surface area contributed by atoms with Crippen molar-refractivity contribution in [2.75, 3.05) is 19.7 Å². The van der Waals surface area contributed by atoms with E-state index in [-0.39, 0.29) is 5.75 Å². The second-order valence-corrected chi connectivity index (χ2v) is 7.90. The van der Waals surface area contributed by atoms with E-state index in [2.05, 4.69) is 10.6 Å². The van der Waals surface area contributed by atoms with Crippen LogP contribution < -0.4 is 20.1 Å². The van der Waals surface area contributed by atoms with Crippen molar-refractivity contribution in [1.29, 1.82) is 0 Å². The summed E-state index contributed by atoms with van der Waals surface area (Å²) >= 11 is 1.39. The molecule has 9 heteroatoms. The van der Waals surface area contributed by atoms with Crippen LogP contribution >= 0.6 is 11.3 Å². The van der Waals surface area contributed by atoms with Crippen LogP contribution in [-0.4, -0.2) is 48.6 Å². The van der Waals surface area contributed by atoms with Gasteiger partial charge in [-0.1, -0.05) is 19.1 Å². The highest BCUT2D eigenvalue weighted by molar-refractivity contribution is 7.14. The molecule has 160 valence electrons. The number of thiophene rings is 1. The lowest BCUT2D eigenvalue weighted by molar-refractivity contribution is -0.150. The van der Waals surface area contributed by atoms with Gasteiger partial charge in [0.05, 0.1) is 18.0 Å². The quantitative estimate of drug-likeness (QED) is 0.492. The maximum atomic E-state index is 12.5. The Labute approximate surface area is 178 Å². The lowest BCUT2D eigenvalue weighted by Gasteiger charge is -2.17. The summed E-state index contributed by atoms with van der Waals surface area (Å²) in [5, 5.41) is 15.2. The maximum Gasteiger partial charge on any atom is 0.352 e. The maximum absolute atomic E-state index is 12.5. The summed E-state index contributed by atoms with van der Waals surface area (Å²) in [4.78, 5) is 38.2. The molecule has 1 atom stereocenters. The monoisotopic (exact) mass is 432 g/mol. The third-order valence-electron chi connectivity index (χ3n) is 4.46. The Morgan fingerprint density at radius 3 is 2.73 bits per heavy atom. The fraction of sp³-hybridized carbons (Fsp3) is 0.381. The summed E-state index contributed by atoms with van der Waals surface area (Å²) in [6.45, 7) is 3.51. The number of carboxylic acids is 1. The van der Waals surface area contributed by atoms with Crippen molar-refractivity contribution in [3.63, 3.8) is 0 Å². The van der Waals surface area contributed by atoms with Crippen LogP contribution in [0.2, 0.25) is 0 Å². The van der Waals surface area contributed by atoms with Crippen molar-refractivity contribution in [2.45, 2.75) is 32.4 Å². The molecule has 1 aromatic carbocycles. The van der Waals surface area contributed by atoms with Crippen LogP contribution in [0.15, 0.2) is 30.3 Å². The van der Waals surface area contributed by atoms with Crippen LogP contribution in [-0.2, 0) is 22.6 Å². The summed E-state index contributed by atoms with van der Waals surface area (Å²) in [6.07, 6.45) is -0.123. The molecule has 1 aliphatic heterocycles. The molecule has 1 aliphatic rings. The molecule has 0 fully saturated rings. The average Bonchev–Trinajstić information content (AvgIpc) is 3.19. The second-order valence-electron chi connectivity index (χ2n) is 6.77. The number of hydrogen-bond acceptors (Lipinski definition) is 7. The van der Waals surface area contributed by atoms with E-state index in [0.29, 0.717) is 23.8 Å². The Morgan fingerprint density at radius 1 is 1.27 bits per heavy atom. The summed E-state index contributed by atoms with van der Waals surface area (Å²) < 4.78 is 11.0. The first-order chi connectivity index (χ1) is 14.5. The zero-order valence-corrected chi connectivity index (χ0v) is 17.4. The van der Waals surface area contributed by atoms with Crippen LogP contribution in [0.4, 0.5) is 0 Å². The van der Waals surface area contributed by atoms with Crippen molar-refractivity contribution in [2.24, 2.45) is 0 Å². The van der Waals surface area contributed by atoms with E-state index in [9.17, 15) is 19.5 Å². The summed E-state index contributed by atoms with van der Waals surface area (Å²) in [5.74, 6) is -2.07. The molecule has 0 bridgehead atoms. The van der Waals surface area contributed by atoms with Crippen molar-refractivity contribution in [1.82, 2.24) is 10.6 Å². The molecule has 1 unspecified atom stereocenters. The van der Waals surface area contributed by atoms with E-state index in [1.165, 1.54) is 17.4 Å². The van der Waals surface area contributed by atoms with Gasteiger partial charge in [0.2, 0.25) is 5.78 Å². The van der Waals surface area contributed by atoms with E-state index in [4.69, 9.17) is 9.47 Å². The molecular weight excluding hydrogens is 408 g/mol. The summed E-state index contributed by atoms with van der Waals surface area (Å²) in [6, 6.07) is 8.37. The van der Waals surface area contributed by atoms with E-state index in [1.54, 1.807) is 24.3 Å². The standard InChI is InChI=1S/C21H24N2O6S/c1-2-9-28-15-5-3-4-6-16(15)29-19(21(26)27)14(24)12-23-20(25)18-10-13-11-22-8-7-17(13)30-18/h3-6,10,19,22H,2,7-9,11-12H2,1H3,(H,23,25)(H,26,27). The van der Waals surface area contributed by atoms with Gasteiger partial charge in [0, 0.05) is 18.0 Å². The second kappa shape index (κ2) is 10.2. The predicted octanol–water partition coefficient (Wildman–Crippen LogP) is 2.01. The number of carboxylic acid groups (broad SMARTS) is 1. The van der Waals surface area contributed by atoms with E-state index < -0.39 is 30.3 Å². The fourth-order valence-electron chi connectivity index (χ4n) is 2.97. The normalized spacial score (nSPS) is 13.8. The largest absolute Gasteiger partial charge is 0.490 e. The van der Waals surface area contributed by atoms with Crippen LogP contribution in [0.25, 0.3) is 0 Å². The van der Waals surface area contributed by atoms with Gasteiger partial charge in [-0.05, 0) is 36.6 Å². The number of fused-ring (bicyclic) bond motifs is 1. The minimum Gasteiger partial charge on any atom is -0.490 e. The summed E-state index contributed by atoms with van der Waals surface area (Å²) in [7, 11) is 0. The first kappa shape index (κ1) is 21.8. The zero-order valence-electron chi connectivity index (χ0n) is 16.6. The fourth-order valence-corrected chi connectivity index (χ4v) is 4.07. The average molecular weight is 432 g/mol. The number of carbonyl (C=O) groups excluding carboxylic acids is 2. The number of para-hydroxylation sites is 2. The lowest BCUT2D eigenvalue weighted by atomic mass is 10.1. The molecule has 2 aromatic rings.